The van der Waals surface area contributed by atoms with Gasteiger partial charge >= 0.3 is 0 Å². The molecule has 0 aliphatic carbocycles. The Balaban J connectivity index is 2.02. The van der Waals surface area contributed by atoms with Gasteiger partial charge in [-0.2, -0.15) is 0 Å². The summed E-state index contributed by atoms with van der Waals surface area (Å²) >= 11 is 2.39. The highest BCUT2D eigenvalue weighted by molar-refractivity contribution is 14.1. The van der Waals surface area contributed by atoms with E-state index in [1.807, 2.05) is 0 Å². The third kappa shape index (κ3) is 1.34. The zero-order valence-corrected chi connectivity index (χ0v) is 10.1. The van der Waals surface area contributed by atoms with E-state index >= 15 is 0 Å². The van der Waals surface area contributed by atoms with Gasteiger partial charge in [0, 0.05) is 34.9 Å². The number of hydrogen-bond donors (Lipinski definition) is 1. The third-order valence-electron chi connectivity index (χ3n) is 3.16. The number of rotatable bonds is 0. The van der Waals surface area contributed by atoms with E-state index in [1.165, 1.54) is 21.2 Å². The molecule has 3 rings (SSSR count). The van der Waals surface area contributed by atoms with Crippen molar-refractivity contribution in [2.45, 2.75) is 12.5 Å². The molecule has 1 atom stereocenters. The van der Waals surface area contributed by atoms with Crippen molar-refractivity contribution in [2.24, 2.45) is 0 Å². The van der Waals surface area contributed by atoms with E-state index in [2.05, 4.69) is 51.0 Å². The second-order valence-electron chi connectivity index (χ2n) is 4.03. The SMILES string of the molecule is Ic1ccc2c(c1)N1CCNCC1C2. The van der Waals surface area contributed by atoms with Crippen LogP contribution in [0.5, 0.6) is 0 Å². The summed E-state index contributed by atoms with van der Waals surface area (Å²) in [5, 5.41) is 3.46. The van der Waals surface area contributed by atoms with Crippen molar-refractivity contribution in [3.63, 3.8) is 0 Å². The highest BCUT2D eigenvalue weighted by Crippen LogP contribution is 2.33. The minimum atomic E-state index is 0.706. The first-order valence-electron chi connectivity index (χ1n) is 5.10. The van der Waals surface area contributed by atoms with Gasteiger partial charge in [-0.05, 0) is 46.7 Å². The van der Waals surface area contributed by atoms with Crippen LogP contribution in [0.15, 0.2) is 18.2 Å². The number of fused-ring (bicyclic) bond motifs is 3. The fourth-order valence-corrected chi connectivity index (χ4v) is 2.97. The predicted octanol–water partition coefficient (Wildman–Crippen LogP) is 1.63. The number of nitrogens with zero attached hydrogens (tertiary/aromatic N) is 1. The van der Waals surface area contributed by atoms with E-state index in [4.69, 9.17) is 0 Å². The van der Waals surface area contributed by atoms with Crippen LogP contribution in [0.3, 0.4) is 0 Å². The molecule has 1 aromatic rings. The topological polar surface area (TPSA) is 15.3 Å². The van der Waals surface area contributed by atoms with Crippen molar-refractivity contribution in [1.29, 1.82) is 0 Å². The lowest BCUT2D eigenvalue weighted by molar-refractivity contribution is 0.495. The summed E-state index contributed by atoms with van der Waals surface area (Å²) in [7, 11) is 0. The molecule has 74 valence electrons. The summed E-state index contributed by atoms with van der Waals surface area (Å²) in [4.78, 5) is 2.56. The van der Waals surface area contributed by atoms with Gasteiger partial charge in [-0.3, -0.25) is 0 Å². The summed E-state index contributed by atoms with van der Waals surface area (Å²) < 4.78 is 1.35. The molecule has 0 aromatic heterocycles. The first-order valence-corrected chi connectivity index (χ1v) is 6.18. The Bertz CT molecular complexity index is 364. The number of nitrogens with one attached hydrogen (secondary N) is 1. The van der Waals surface area contributed by atoms with Crippen molar-refractivity contribution in [2.75, 3.05) is 24.5 Å². The van der Waals surface area contributed by atoms with Gasteiger partial charge in [0.1, 0.15) is 0 Å². The molecule has 0 radical (unpaired) electrons. The predicted molar refractivity (Wildman–Crippen MR) is 66.9 cm³/mol. The maximum absolute atomic E-state index is 3.46. The summed E-state index contributed by atoms with van der Waals surface area (Å²) in [6.07, 6.45) is 1.22. The molecule has 3 heteroatoms. The van der Waals surface area contributed by atoms with Crippen LogP contribution < -0.4 is 10.2 Å². The van der Waals surface area contributed by atoms with Crippen molar-refractivity contribution < 1.29 is 0 Å². The molecule has 0 spiro atoms. The van der Waals surface area contributed by atoms with Crippen molar-refractivity contribution >= 4 is 28.3 Å². The highest BCUT2D eigenvalue weighted by atomic mass is 127. The summed E-state index contributed by atoms with van der Waals surface area (Å²) in [6.45, 7) is 3.43. The molecule has 2 nitrogen and oxygen atoms in total. The molecule has 0 amide bonds. The molecule has 1 unspecified atom stereocenters. The van der Waals surface area contributed by atoms with E-state index in [-0.39, 0.29) is 0 Å². The smallest absolute Gasteiger partial charge is 0.0456 e. The highest BCUT2D eigenvalue weighted by Gasteiger charge is 2.30. The van der Waals surface area contributed by atoms with Gasteiger partial charge in [0.2, 0.25) is 0 Å². The lowest BCUT2D eigenvalue weighted by atomic mass is 10.1. The molecule has 1 fully saturated rings. The van der Waals surface area contributed by atoms with Crippen LogP contribution in [-0.4, -0.2) is 25.7 Å². The van der Waals surface area contributed by atoms with Gasteiger partial charge in [0.05, 0.1) is 0 Å². The molecule has 2 heterocycles. The molecular formula is C11H13IN2. The largest absolute Gasteiger partial charge is 0.365 e. The summed E-state index contributed by atoms with van der Waals surface area (Å²) in [5.74, 6) is 0. The first-order chi connectivity index (χ1) is 6.84. The Labute approximate surface area is 97.8 Å². The molecule has 0 bridgehead atoms. The van der Waals surface area contributed by atoms with Gasteiger partial charge in [-0.15, -0.1) is 0 Å². The van der Waals surface area contributed by atoms with Gasteiger partial charge in [0.25, 0.3) is 0 Å². The van der Waals surface area contributed by atoms with Crippen LogP contribution in [0.4, 0.5) is 5.69 Å². The monoisotopic (exact) mass is 300 g/mol. The maximum atomic E-state index is 3.46. The molecule has 2 aliphatic heterocycles. The Morgan fingerprint density at radius 1 is 1.43 bits per heavy atom. The number of piperazine rings is 1. The number of anilines is 1. The lowest BCUT2D eigenvalue weighted by Gasteiger charge is -2.32. The first kappa shape index (κ1) is 8.97. The summed E-state index contributed by atoms with van der Waals surface area (Å²) in [5.41, 5.74) is 3.00. The Morgan fingerprint density at radius 3 is 3.29 bits per heavy atom. The van der Waals surface area contributed by atoms with Crippen molar-refractivity contribution in [1.82, 2.24) is 5.32 Å². The van der Waals surface area contributed by atoms with Crippen molar-refractivity contribution in [3.8, 4) is 0 Å². The molecule has 2 aliphatic rings. The maximum Gasteiger partial charge on any atom is 0.0456 e. The van der Waals surface area contributed by atoms with Crippen LogP contribution in [0.1, 0.15) is 5.56 Å². The van der Waals surface area contributed by atoms with Crippen molar-refractivity contribution in [3.05, 3.63) is 27.3 Å². The molecular weight excluding hydrogens is 287 g/mol. The Hall–Kier alpha value is -0.290. The minimum absolute atomic E-state index is 0.706. The fourth-order valence-electron chi connectivity index (χ4n) is 2.49. The molecule has 0 saturated carbocycles. The fraction of sp³-hybridized carbons (Fsp3) is 0.455. The van der Waals surface area contributed by atoms with Gasteiger partial charge in [0.15, 0.2) is 0 Å². The molecule has 1 aromatic carbocycles. The summed E-state index contributed by atoms with van der Waals surface area (Å²) in [6, 6.07) is 7.53. The number of benzene rings is 1. The number of hydrogen-bond acceptors (Lipinski definition) is 2. The average molecular weight is 300 g/mol. The third-order valence-corrected chi connectivity index (χ3v) is 3.83. The van der Waals surface area contributed by atoms with Gasteiger partial charge in [-0.1, -0.05) is 6.07 Å². The van der Waals surface area contributed by atoms with Crippen LogP contribution in [0.2, 0.25) is 0 Å². The van der Waals surface area contributed by atoms with Crippen LogP contribution in [-0.2, 0) is 6.42 Å². The van der Waals surface area contributed by atoms with Crippen LogP contribution in [0.25, 0.3) is 0 Å². The molecule has 1 N–H and O–H groups in total. The quantitative estimate of drug-likeness (QED) is 0.733. The van der Waals surface area contributed by atoms with Gasteiger partial charge < -0.3 is 10.2 Å². The molecule has 1 saturated heterocycles. The second kappa shape index (κ2) is 3.38. The van der Waals surface area contributed by atoms with Gasteiger partial charge in [-0.25, -0.2) is 0 Å². The number of halogens is 1. The zero-order valence-electron chi connectivity index (χ0n) is 7.96. The zero-order chi connectivity index (χ0) is 9.54. The Kier molecular flexibility index (Phi) is 2.17. The molecule has 14 heavy (non-hydrogen) atoms. The van der Waals surface area contributed by atoms with E-state index in [0.717, 1.165) is 19.6 Å². The van der Waals surface area contributed by atoms with Crippen LogP contribution in [0, 0.1) is 3.57 Å². The lowest BCUT2D eigenvalue weighted by Crippen LogP contribution is -2.49. The van der Waals surface area contributed by atoms with E-state index < -0.39 is 0 Å². The van der Waals surface area contributed by atoms with E-state index in [1.54, 1.807) is 0 Å². The van der Waals surface area contributed by atoms with Crippen LogP contribution >= 0.6 is 22.6 Å². The van der Waals surface area contributed by atoms with E-state index in [9.17, 15) is 0 Å². The minimum Gasteiger partial charge on any atom is -0.365 e. The average Bonchev–Trinajstić information content (AvgIpc) is 2.56. The second-order valence-corrected chi connectivity index (χ2v) is 5.27. The van der Waals surface area contributed by atoms with E-state index in [0.29, 0.717) is 6.04 Å². The normalized spacial score (nSPS) is 24.6. The standard InChI is InChI=1S/C11H13IN2/c12-9-2-1-8-5-10-7-13-3-4-14(10)11(8)6-9/h1-2,6,10,13H,3-5,7H2. The Morgan fingerprint density at radius 2 is 2.36 bits per heavy atom.